The summed E-state index contributed by atoms with van der Waals surface area (Å²) in [6, 6.07) is -0.786. The Morgan fingerprint density at radius 2 is 2.31 bits per heavy atom. The summed E-state index contributed by atoms with van der Waals surface area (Å²) in [6.45, 7) is 2.74. The van der Waals surface area contributed by atoms with Crippen LogP contribution in [0.3, 0.4) is 0 Å². The monoisotopic (exact) mass is 185 g/mol. The Morgan fingerprint density at radius 1 is 1.62 bits per heavy atom. The summed E-state index contributed by atoms with van der Waals surface area (Å²) >= 11 is 0. The minimum Gasteiger partial charge on any atom is -0.351 e. The Labute approximate surface area is 77.1 Å². The highest BCUT2D eigenvalue weighted by Crippen LogP contribution is 2.22. The molecule has 1 fully saturated rings. The molecule has 1 atom stereocenters. The third-order valence-electron chi connectivity index (χ3n) is 2.52. The van der Waals surface area contributed by atoms with E-state index in [0.29, 0.717) is 6.42 Å². The lowest BCUT2D eigenvalue weighted by atomic mass is 9.93. The van der Waals surface area contributed by atoms with Crippen molar-refractivity contribution in [3.8, 4) is 0 Å². The normalized spacial score (nSPS) is 27.2. The van der Waals surface area contributed by atoms with Crippen LogP contribution in [0.1, 0.15) is 26.2 Å². The molecule has 5 nitrogen and oxygen atoms in total. The van der Waals surface area contributed by atoms with Crippen molar-refractivity contribution in [2.45, 2.75) is 31.7 Å². The van der Waals surface area contributed by atoms with Gasteiger partial charge in [0.2, 0.25) is 5.91 Å². The van der Waals surface area contributed by atoms with E-state index in [9.17, 15) is 9.59 Å². The van der Waals surface area contributed by atoms with E-state index < -0.39 is 11.6 Å². The number of carbonyl (C=O) groups excluding carboxylic acids is 2. The Balaban J connectivity index is 2.65. The third kappa shape index (κ3) is 1.98. The zero-order valence-electron chi connectivity index (χ0n) is 7.72. The highest BCUT2D eigenvalue weighted by molar-refractivity contribution is 5.98. The molecule has 1 heterocycles. The van der Waals surface area contributed by atoms with Crippen LogP contribution in [0.4, 0.5) is 4.79 Å². The van der Waals surface area contributed by atoms with Gasteiger partial charge in [0.25, 0.3) is 0 Å². The molecule has 13 heavy (non-hydrogen) atoms. The molecule has 0 aromatic heterocycles. The maximum atomic E-state index is 11.5. The Bertz CT molecular complexity index is 221. The molecule has 4 N–H and O–H groups in total. The van der Waals surface area contributed by atoms with Gasteiger partial charge in [-0.05, 0) is 25.8 Å². The standard InChI is InChI=1S/C8H15N3O2/c1-2-8(4-3-5-10-8)6(12)11-7(9)13/h10H,2-5H2,1H3,(H3,9,11,12,13). The molecule has 5 heteroatoms. The number of imide groups is 1. The lowest BCUT2D eigenvalue weighted by molar-refractivity contribution is -0.126. The summed E-state index contributed by atoms with van der Waals surface area (Å²) in [5, 5.41) is 5.22. The fourth-order valence-electron chi connectivity index (χ4n) is 1.69. The smallest absolute Gasteiger partial charge is 0.318 e. The van der Waals surface area contributed by atoms with Crippen molar-refractivity contribution in [2.24, 2.45) is 5.73 Å². The molecule has 1 saturated heterocycles. The Kier molecular flexibility index (Phi) is 2.87. The van der Waals surface area contributed by atoms with Crippen LogP contribution in [0.5, 0.6) is 0 Å². The molecule has 74 valence electrons. The van der Waals surface area contributed by atoms with Gasteiger partial charge < -0.3 is 11.1 Å². The minimum absolute atomic E-state index is 0.306. The molecule has 0 bridgehead atoms. The Hall–Kier alpha value is -1.10. The number of carbonyl (C=O) groups is 2. The maximum absolute atomic E-state index is 11.5. The van der Waals surface area contributed by atoms with E-state index in [1.807, 2.05) is 6.92 Å². The fourth-order valence-corrected chi connectivity index (χ4v) is 1.69. The van der Waals surface area contributed by atoms with Crippen molar-refractivity contribution in [1.82, 2.24) is 10.6 Å². The van der Waals surface area contributed by atoms with Crippen molar-refractivity contribution in [2.75, 3.05) is 6.54 Å². The maximum Gasteiger partial charge on any atom is 0.318 e. The van der Waals surface area contributed by atoms with Crippen LogP contribution in [0.2, 0.25) is 0 Å². The molecule has 1 unspecified atom stereocenters. The van der Waals surface area contributed by atoms with Gasteiger partial charge in [-0.2, -0.15) is 0 Å². The van der Waals surface area contributed by atoms with E-state index >= 15 is 0 Å². The lowest BCUT2D eigenvalue weighted by Crippen LogP contribution is -2.55. The first-order chi connectivity index (χ1) is 6.10. The number of nitrogens with one attached hydrogen (secondary N) is 2. The highest BCUT2D eigenvalue weighted by atomic mass is 16.2. The SMILES string of the molecule is CCC1(C(=O)NC(N)=O)CCCN1. The van der Waals surface area contributed by atoms with Gasteiger partial charge in [-0.15, -0.1) is 0 Å². The topological polar surface area (TPSA) is 84.2 Å². The number of rotatable bonds is 2. The van der Waals surface area contributed by atoms with Crippen LogP contribution < -0.4 is 16.4 Å². The average Bonchev–Trinajstić information content (AvgIpc) is 2.51. The summed E-state index contributed by atoms with van der Waals surface area (Å²) in [6.07, 6.45) is 2.40. The van der Waals surface area contributed by atoms with Crippen LogP contribution in [0.15, 0.2) is 0 Å². The summed E-state index contributed by atoms with van der Waals surface area (Å²) < 4.78 is 0. The van der Waals surface area contributed by atoms with Gasteiger partial charge in [0.05, 0.1) is 5.54 Å². The number of urea groups is 1. The zero-order chi connectivity index (χ0) is 9.90. The predicted molar refractivity (Wildman–Crippen MR) is 48.0 cm³/mol. The van der Waals surface area contributed by atoms with Gasteiger partial charge in [-0.3, -0.25) is 10.1 Å². The van der Waals surface area contributed by atoms with Gasteiger partial charge in [0.1, 0.15) is 0 Å². The molecule has 0 saturated carbocycles. The molecule has 0 aromatic carbocycles. The van der Waals surface area contributed by atoms with Gasteiger partial charge in [-0.25, -0.2) is 4.79 Å². The van der Waals surface area contributed by atoms with Crippen molar-refractivity contribution in [1.29, 1.82) is 0 Å². The van der Waals surface area contributed by atoms with E-state index in [4.69, 9.17) is 5.73 Å². The molecule has 0 aliphatic carbocycles. The molecule has 1 rings (SSSR count). The number of hydrogen-bond acceptors (Lipinski definition) is 3. The van der Waals surface area contributed by atoms with E-state index in [-0.39, 0.29) is 5.91 Å². The molecule has 3 amide bonds. The summed E-state index contributed by atoms with van der Waals surface area (Å²) in [4.78, 5) is 22.0. The van der Waals surface area contributed by atoms with Crippen molar-refractivity contribution >= 4 is 11.9 Å². The second kappa shape index (κ2) is 3.74. The number of primary amides is 1. The molecular weight excluding hydrogens is 170 g/mol. The first-order valence-corrected chi connectivity index (χ1v) is 4.46. The first-order valence-electron chi connectivity index (χ1n) is 4.46. The van der Waals surface area contributed by atoms with E-state index in [1.165, 1.54) is 0 Å². The van der Waals surface area contributed by atoms with Gasteiger partial charge in [0, 0.05) is 0 Å². The van der Waals surface area contributed by atoms with Crippen LogP contribution in [-0.4, -0.2) is 24.0 Å². The second-order valence-electron chi connectivity index (χ2n) is 3.28. The molecule has 0 aromatic rings. The summed E-state index contributed by atoms with van der Waals surface area (Å²) in [7, 11) is 0. The summed E-state index contributed by atoms with van der Waals surface area (Å²) in [5.74, 6) is -0.306. The number of hydrogen-bond donors (Lipinski definition) is 3. The fraction of sp³-hybridized carbons (Fsp3) is 0.750. The molecule has 1 aliphatic heterocycles. The highest BCUT2D eigenvalue weighted by Gasteiger charge is 2.39. The Morgan fingerprint density at radius 3 is 2.69 bits per heavy atom. The number of amides is 3. The van der Waals surface area contributed by atoms with Gasteiger partial charge >= 0.3 is 6.03 Å². The summed E-state index contributed by atoms with van der Waals surface area (Å²) in [5.41, 5.74) is 4.30. The first kappa shape index (κ1) is 9.98. The van der Waals surface area contributed by atoms with Crippen LogP contribution in [0.25, 0.3) is 0 Å². The quantitative estimate of drug-likeness (QED) is 0.553. The van der Waals surface area contributed by atoms with Crippen LogP contribution in [0, 0.1) is 0 Å². The molecule has 0 radical (unpaired) electrons. The average molecular weight is 185 g/mol. The van der Waals surface area contributed by atoms with Crippen molar-refractivity contribution in [3.63, 3.8) is 0 Å². The number of nitrogens with two attached hydrogens (primary N) is 1. The van der Waals surface area contributed by atoms with E-state index in [1.54, 1.807) is 0 Å². The minimum atomic E-state index is -0.786. The predicted octanol–water partition coefficient (Wildman–Crippen LogP) is -0.286. The van der Waals surface area contributed by atoms with E-state index in [0.717, 1.165) is 19.4 Å². The molecular formula is C8H15N3O2. The van der Waals surface area contributed by atoms with Crippen molar-refractivity contribution in [3.05, 3.63) is 0 Å². The third-order valence-corrected chi connectivity index (χ3v) is 2.52. The van der Waals surface area contributed by atoms with Gasteiger partial charge in [0.15, 0.2) is 0 Å². The zero-order valence-corrected chi connectivity index (χ0v) is 7.72. The van der Waals surface area contributed by atoms with Crippen LogP contribution >= 0.6 is 0 Å². The molecule has 1 aliphatic rings. The lowest BCUT2D eigenvalue weighted by Gasteiger charge is -2.25. The largest absolute Gasteiger partial charge is 0.351 e. The molecule has 0 spiro atoms. The van der Waals surface area contributed by atoms with Gasteiger partial charge in [-0.1, -0.05) is 6.92 Å². The van der Waals surface area contributed by atoms with Crippen molar-refractivity contribution < 1.29 is 9.59 Å². The van der Waals surface area contributed by atoms with E-state index in [2.05, 4.69) is 10.6 Å². The second-order valence-corrected chi connectivity index (χ2v) is 3.28. The van der Waals surface area contributed by atoms with Crippen LogP contribution in [-0.2, 0) is 4.79 Å².